The first kappa shape index (κ1) is 9.94. The van der Waals surface area contributed by atoms with Gasteiger partial charge < -0.3 is 10.2 Å². The Labute approximate surface area is 64.8 Å². The zero-order valence-corrected chi connectivity index (χ0v) is 6.79. The van der Waals surface area contributed by atoms with Gasteiger partial charge in [0.05, 0.1) is 11.3 Å². The van der Waals surface area contributed by atoms with E-state index in [2.05, 4.69) is 0 Å². The van der Waals surface area contributed by atoms with E-state index in [0.717, 1.165) is 0 Å². The van der Waals surface area contributed by atoms with Gasteiger partial charge in [-0.05, 0) is 13.8 Å². The highest BCUT2D eigenvalue weighted by Gasteiger charge is 2.38. The van der Waals surface area contributed by atoms with Crippen LogP contribution in [0.3, 0.4) is 0 Å². The Bertz CT molecular complexity index is 183. The van der Waals surface area contributed by atoms with Crippen molar-refractivity contribution in [3.05, 3.63) is 0 Å². The molecule has 4 nitrogen and oxygen atoms in total. The van der Waals surface area contributed by atoms with Crippen LogP contribution < -0.4 is 0 Å². The highest BCUT2D eigenvalue weighted by atomic mass is 16.4. The van der Waals surface area contributed by atoms with Crippen molar-refractivity contribution < 1.29 is 19.8 Å². The maximum atomic E-state index is 10.5. The van der Waals surface area contributed by atoms with Crippen LogP contribution in [0.5, 0.6) is 0 Å². The van der Waals surface area contributed by atoms with Crippen LogP contribution in [0.15, 0.2) is 0 Å². The average molecular weight is 160 g/mol. The van der Waals surface area contributed by atoms with E-state index in [1.165, 1.54) is 20.8 Å². The number of carbonyl (C=O) groups is 2. The second-order valence-electron chi connectivity index (χ2n) is 3.09. The van der Waals surface area contributed by atoms with Crippen molar-refractivity contribution in [2.24, 2.45) is 11.3 Å². The fourth-order valence-electron chi connectivity index (χ4n) is 0.494. The molecular formula is C7H12O4. The van der Waals surface area contributed by atoms with Crippen molar-refractivity contribution in [3.8, 4) is 0 Å². The lowest BCUT2D eigenvalue weighted by Gasteiger charge is -2.23. The predicted octanol–water partition coefficient (Wildman–Crippen LogP) is 0.818. The summed E-state index contributed by atoms with van der Waals surface area (Å²) in [7, 11) is 0. The standard InChI is InChI=1S/C7H12O4/c1-4(5(8)9)7(2,3)6(10)11/h4H,1-3H3,(H,8,9)(H,10,11)/t4-/m1/s1. The van der Waals surface area contributed by atoms with Gasteiger partial charge in [-0.3, -0.25) is 9.59 Å². The fourth-order valence-corrected chi connectivity index (χ4v) is 0.494. The molecule has 0 saturated heterocycles. The Hall–Kier alpha value is -1.06. The van der Waals surface area contributed by atoms with Crippen molar-refractivity contribution in [1.82, 2.24) is 0 Å². The molecule has 0 unspecified atom stereocenters. The maximum Gasteiger partial charge on any atom is 0.309 e. The van der Waals surface area contributed by atoms with E-state index in [1.54, 1.807) is 0 Å². The number of carboxylic acids is 2. The van der Waals surface area contributed by atoms with E-state index in [9.17, 15) is 9.59 Å². The van der Waals surface area contributed by atoms with E-state index >= 15 is 0 Å². The van der Waals surface area contributed by atoms with E-state index in [0.29, 0.717) is 0 Å². The van der Waals surface area contributed by atoms with Gasteiger partial charge in [-0.15, -0.1) is 0 Å². The summed E-state index contributed by atoms with van der Waals surface area (Å²) in [5.74, 6) is -3.05. The van der Waals surface area contributed by atoms with Crippen molar-refractivity contribution in [3.63, 3.8) is 0 Å². The third-order valence-electron chi connectivity index (χ3n) is 2.00. The second kappa shape index (κ2) is 2.90. The number of rotatable bonds is 3. The molecule has 0 saturated carbocycles. The van der Waals surface area contributed by atoms with Crippen molar-refractivity contribution in [2.75, 3.05) is 0 Å². The van der Waals surface area contributed by atoms with Crippen LogP contribution in [0.1, 0.15) is 20.8 Å². The summed E-state index contributed by atoms with van der Waals surface area (Å²) in [5.41, 5.74) is -1.20. The number of hydrogen-bond donors (Lipinski definition) is 2. The smallest absolute Gasteiger partial charge is 0.309 e. The third kappa shape index (κ3) is 1.93. The zero-order chi connectivity index (χ0) is 9.23. The normalized spacial score (nSPS) is 14.1. The molecule has 0 amide bonds. The minimum Gasteiger partial charge on any atom is -0.481 e. The van der Waals surface area contributed by atoms with Crippen LogP contribution in [0, 0.1) is 11.3 Å². The molecule has 2 N–H and O–H groups in total. The summed E-state index contributed by atoms with van der Waals surface area (Å²) in [4.78, 5) is 20.9. The molecule has 0 fully saturated rings. The summed E-state index contributed by atoms with van der Waals surface area (Å²) in [6, 6.07) is 0. The minimum absolute atomic E-state index is 0.875. The van der Waals surface area contributed by atoms with Crippen LogP contribution in [0.25, 0.3) is 0 Å². The lowest BCUT2D eigenvalue weighted by molar-refractivity contribution is -0.159. The molecule has 11 heavy (non-hydrogen) atoms. The summed E-state index contributed by atoms with van der Waals surface area (Å²) in [5, 5.41) is 17.1. The van der Waals surface area contributed by atoms with Gasteiger partial charge in [0.25, 0.3) is 0 Å². The van der Waals surface area contributed by atoms with Gasteiger partial charge >= 0.3 is 11.9 Å². The Morgan fingerprint density at radius 1 is 1.27 bits per heavy atom. The van der Waals surface area contributed by atoms with Crippen LogP contribution >= 0.6 is 0 Å². The van der Waals surface area contributed by atoms with Gasteiger partial charge in [-0.1, -0.05) is 6.92 Å². The maximum absolute atomic E-state index is 10.5. The molecule has 0 rings (SSSR count). The quantitative estimate of drug-likeness (QED) is 0.640. The molecule has 0 aliphatic heterocycles. The van der Waals surface area contributed by atoms with E-state index in [-0.39, 0.29) is 0 Å². The molecule has 0 aliphatic carbocycles. The van der Waals surface area contributed by atoms with Crippen LogP contribution in [0.2, 0.25) is 0 Å². The fraction of sp³-hybridized carbons (Fsp3) is 0.714. The molecule has 0 radical (unpaired) electrons. The minimum atomic E-state index is -1.20. The largest absolute Gasteiger partial charge is 0.481 e. The molecule has 0 aromatic heterocycles. The summed E-state index contributed by atoms with van der Waals surface area (Å²) in [6.45, 7) is 4.18. The molecule has 64 valence electrons. The number of aliphatic carboxylic acids is 2. The summed E-state index contributed by atoms with van der Waals surface area (Å²) in [6.07, 6.45) is 0. The topological polar surface area (TPSA) is 74.6 Å². The van der Waals surface area contributed by atoms with E-state index < -0.39 is 23.3 Å². The zero-order valence-electron chi connectivity index (χ0n) is 6.79. The number of carboxylic acid groups (broad SMARTS) is 2. The van der Waals surface area contributed by atoms with E-state index in [4.69, 9.17) is 10.2 Å². The number of hydrogen-bond acceptors (Lipinski definition) is 2. The van der Waals surface area contributed by atoms with Crippen molar-refractivity contribution in [1.29, 1.82) is 0 Å². The third-order valence-corrected chi connectivity index (χ3v) is 2.00. The molecule has 0 aromatic rings. The molecular weight excluding hydrogens is 148 g/mol. The van der Waals surface area contributed by atoms with Gasteiger partial charge in [-0.2, -0.15) is 0 Å². The Morgan fingerprint density at radius 3 is 1.73 bits per heavy atom. The van der Waals surface area contributed by atoms with Crippen molar-refractivity contribution >= 4 is 11.9 Å². The van der Waals surface area contributed by atoms with Gasteiger partial charge in [-0.25, -0.2) is 0 Å². The molecule has 1 atom stereocenters. The van der Waals surface area contributed by atoms with Crippen LogP contribution in [0.4, 0.5) is 0 Å². The van der Waals surface area contributed by atoms with Gasteiger partial charge in [0, 0.05) is 0 Å². The SMILES string of the molecule is C[C@H](C(=O)O)C(C)(C)C(=O)O. The molecule has 0 spiro atoms. The first-order chi connectivity index (χ1) is 4.80. The lowest BCUT2D eigenvalue weighted by atomic mass is 9.80. The summed E-state index contributed by atoms with van der Waals surface area (Å²) >= 11 is 0. The highest BCUT2D eigenvalue weighted by molar-refractivity contribution is 5.82. The van der Waals surface area contributed by atoms with Gasteiger partial charge in [0.1, 0.15) is 0 Å². The molecule has 0 aromatic carbocycles. The summed E-state index contributed by atoms with van der Waals surface area (Å²) < 4.78 is 0. The monoisotopic (exact) mass is 160 g/mol. The first-order valence-corrected chi connectivity index (χ1v) is 3.26. The van der Waals surface area contributed by atoms with Crippen LogP contribution in [-0.4, -0.2) is 22.2 Å². The molecule has 0 heterocycles. The molecule has 0 aliphatic rings. The van der Waals surface area contributed by atoms with Crippen molar-refractivity contribution in [2.45, 2.75) is 20.8 Å². The molecule has 0 bridgehead atoms. The van der Waals surface area contributed by atoms with Gasteiger partial charge in [0.15, 0.2) is 0 Å². The lowest BCUT2D eigenvalue weighted by Crippen LogP contribution is -2.35. The second-order valence-corrected chi connectivity index (χ2v) is 3.09. The van der Waals surface area contributed by atoms with E-state index in [1.807, 2.05) is 0 Å². The molecule has 4 heteroatoms. The average Bonchev–Trinajstić information content (AvgIpc) is 1.85. The van der Waals surface area contributed by atoms with Gasteiger partial charge in [0.2, 0.25) is 0 Å². The Balaban J connectivity index is 4.55. The first-order valence-electron chi connectivity index (χ1n) is 3.26. The Morgan fingerprint density at radius 2 is 1.64 bits per heavy atom. The Kier molecular flexibility index (Phi) is 2.62. The predicted molar refractivity (Wildman–Crippen MR) is 38.2 cm³/mol. The van der Waals surface area contributed by atoms with Crippen LogP contribution in [-0.2, 0) is 9.59 Å². The highest BCUT2D eigenvalue weighted by Crippen LogP contribution is 2.26.